The van der Waals surface area contributed by atoms with Crippen LogP contribution in [0, 0.1) is 11.2 Å². The fourth-order valence-electron chi connectivity index (χ4n) is 2.24. The Bertz CT molecular complexity index is 389. The van der Waals surface area contributed by atoms with Crippen molar-refractivity contribution in [1.82, 2.24) is 0 Å². The molecule has 1 saturated heterocycles. The molecule has 1 aliphatic heterocycles. The highest BCUT2D eigenvalue weighted by molar-refractivity contribution is 9.10. The van der Waals surface area contributed by atoms with Gasteiger partial charge >= 0.3 is 0 Å². The molecule has 0 saturated carbocycles. The first kappa shape index (κ1) is 13.5. The molecule has 1 aromatic carbocycles. The molecule has 4 heteroatoms. The van der Waals surface area contributed by atoms with Crippen LogP contribution >= 0.6 is 31.9 Å². The maximum atomic E-state index is 13.2. The van der Waals surface area contributed by atoms with Gasteiger partial charge in [-0.2, -0.15) is 0 Å². The lowest BCUT2D eigenvalue weighted by Crippen LogP contribution is -2.33. The molecule has 1 fully saturated rings. The molecule has 0 N–H and O–H groups in total. The number of alkyl halides is 1. The zero-order valence-electron chi connectivity index (χ0n) is 9.52. The summed E-state index contributed by atoms with van der Waals surface area (Å²) in [6.07, 6.45) is 3.10. The molecule has 0 radical (unpaired) electrons. The van der Waals surface area contributed by atoms with Crippen molar-refractivity contribution < 1.29 is 9.13 Å². The van der Waals surface area contributed by atoms with Gasteiger partial charge in [-0.3, -0.25) is 0 Å². The number of hydrogen-bond acceptors (Lipinski definition) is 1. The van der Waals surface area contributed by atoms with Crippen LogP contribution in [0.4, 0.5) is 4.39 Å². The van der Waals surface area contributed by atoms with Gasteiger partial charge in [0, 0.05) is 18.5 Å². The van der Waals surface area contributed by atoms with E-state index in [1.165, 1.54) is 11.6 Å². The summed E-state index contributed by atoms with van der Waals surface area (Å²) in [6.45, 7) is 1.65. The van der Waals surface area contributed by atoms with Gasteiger partial charge in [-0.05, 0) is 58.3 Å². The third-order valence-corrected chi connectivity index (χ3v) is 5.20. The lowest BCUT2D eigenvalue weighted by molar-refractivity contribution is 0.0269. The van der Waals surface area contributed by atoms with Crippen LogP contribution < -0.4 is 0 Å². The highest BCUT2D eigenvalue weighted by Crippen LogP contribution is 2.36. The van der Waals surface area contributed by atoms with Crippen LogP contribution in [-0.2, 0) is 11.2 Å². The van der Waals surface area contributed by atoms with Gasteiger partial charge in [0.1, 0.15) is 5.82 Å². The van der Waals surface area contributed by atoms with E-state index < -0.39 is 0 Å². The van der Waals surface area contributed by atoms with Crippen molar-refractivity contribution in [2.75, 3.05) is 18.5 Å². The highest BCUT2D eigenvalue weighted by Gasteiger charge is 2.31. The molecule has 1 nitrogen and oxygen atoms in total. The topological polar surface area (TPSA) is 9.23 Å². The van der Waals surface area contributed by atoms with E-state index in [4.69, 9.17) is 4.74 Å². The largest absolute Gasteiger partial charge is 0.381 e. The van der Waals surface area contributed by atoms with Crippen LogP contribution in [0.1, 0.15) is 18.4 Å². The van der Waals surface area contributed by atoms with Crippen LogP contribution in [0.3, 0.4) is 0 Å². The molecule has 1 aromatic rings. The van der Waals surface area contributed by atoms with Crippen LogP contribution in [0.25, 0.3) is 0 Å². The van der Waals surface area contributed by atoms with Gasteiger partial charge in [0.2, 0.25) is 0 Å². The Hall–Kier alpha value is 0.0700. The van der Waals surface area contributed by atoms with Gasteiger partial charge in [0.15, 0.2) is 0 Å². The van der Waals surface area contributed by atoms with Crippen molar-refractivity contribution in [1.29, 1.82) is 0 Å². The Morgan fingerprint density at radius 3 is 2.59 bits per heavy atom. The first-order valence-corrected chi connectivity index (χ1v) is 7.64. The molecule has 94 valence electrons. The molecule has 0 bridgehead atoms. The van der Waals surface area contributed by atoms with E-state index >= 15 is 0 Å². The molecule has 0 aliphatic carbocycles. The molecule has 0 unspecified atom stereocenters. The molecule has 0 atom stereocenters. The average molecular weight is 366 g/mol. The van der Waals surface area contributed by atoms with Crippen LogP contribution in [0.2, 0.25) is 0 Å². The zero-order valence-corrected chi connectivity index (χ0v) is 12.7. The predicted octanol–water partition coefficient (Wildman–Crippen LogP) is 4.32. The molecule has 0 amide bonds. The zero-order chi connectivity index (χ0) is 12.3. The minimum atomic E-state index is -0.200. The second-order valence-corrected chi connectivity index (χ2v) is 6.09. The maximum Gasteiger partial charge on any atom is 0.137 e. The summed E-state index contributed by atoms with van der Waals surface area (Å²) >= 11 is 6.86. The molecule has 1 heterocycles. The number of rotatable bonds is 3. The third-order valence-electron chi connectivity index (χ3n) is 3.40. The van der Waals surface area contributed by atoms with E-state index in [2.05, 4.69) is 31.9 Å². The summed E-state index contributed by atoms with van der Waals surface area (Å²) in [4.78, 5) is 0. The highest BCUT2D eigenvalue weighted by atomic mass is 79.9. The van der Waals surface area contributed by atoms with Crippen LogP contribution in [-0.4, -0.2) is 18.5 Å². The monoisotopic (exact) mass is 364 g/mol. The SMILES string of the molecule is Fc1ccc(CC2(CBr)CCOCC2)cc1Br. The summed E-state index contributed by atoms with van der Waals surface area (Å²) < 4.78 is 19.1. The van der Waals surface area contributed by atoms with Crippen molar-refractivity contribution in [3.63, 3.8) is 0 Å². The van der Waals surface area contributed by atoms with Crippen LogP contribution in [0.15, 0.2) is 22.7 Å². The van der Waals surface area contributed by atoms with Crippen LogP contribution in [0.5, 0.6) is 0 Å². The van der Waals surface area contributed by atoms with E-state index in [0.717, 1.165) is 37.8 Å². The van der Waals surface area contributed by atoms with Gasteiger partial charge in [0.25, 0.3) is 0 Å². The summed E-state index contributed by atoms with van der Waals surface area (Å²) in [5.41, 5.74) is 1.44. The molecular weight excluding hydrogens is 351 g/mol. The normalized spacial score (nSPS) is 19.2. The van der Waals surface area contributed by atoms with Gasteiger partial charge in [-0.1, -0.05) is 22.0 Å². The number of halogens is 3. The minimum absolute atomic E-state index is 0.200. The average Bonchev–Trinajstić information content (AvgIpc) is 2.35. The fourth-order valence-corrected chi connectivity index (χ4v) is 3.43. The summed E-state index contributed by atoms with van der Waals surface area (Å²) in [6, 6.07) is 5.29. The van der Waals surface area contributed by atoms with Crippen molar-refractivity contribution in [2.24, 2.45) is 5.41 Å². The van der Waals surface area contributed by atoms with E-state index in [9.17, 15) is 4.39 Å². The lowest BCUT2D eigenvalue weighted by atomic mass is 9.77. The second kappa shape index (κ2) is 5.81. The molecule has 1 aliphatic rings. The molecule has 2 rings (SSSR count). The van der Waals surface area contributed by atoms with Gasteiger partial charge in [-0.15, -0.1) is 0 Å². The number of benzene rings is 1. The first-order chi connectivity index (χ1) is 8.15. The maximum absolute atomic E-state index is 13.2. The van der Waals surface area contributed by atoms with E-state index in [1.54, 1.807) is 0 Å². The molecular formula is C13H15Br2FO. The Kier molecular flexibility index (Phi) is 4.61. The minimum Gasteiger partial charge on any atom is -0.381 e. The summed E-state index contributed by atoms with van der Waals surface area (Å²) in [5.74, 6) is -0.200. The van der Waals surface area contributed by atoms with Gasteiger partial charge in [0.05, 0.1) is 4.47 Å². The van der Waals surface area contributed by atoms with E-state index in [-0.39, 0.29) is 11.2 Å². The number of hydrogen-bond donors (Lipinski definition) is 0. The first-order valence-electron chi connectivity index (χ1n) is 5.73. The quantitative estimate of drug-likeness (QED) is 0.724. The Morgan fingerprint density at radius 1 is 1.29 bits per heavy atom. The summed E-state index contributed by atoms with van der Waals surface area (Å²) in [5, 5.41) is 0.971. The predicted molar refractivity (Wildman–Crippen MR) is 74.1 cm³/mol. The van der Waals surface area contributed by atoms with Crippen molar-refractivity contribution >= 4 is 31.9 Å². The second-order valence-electron chi connectivity index (χ2n) is 4.67. The molecule has 0 spiro atoms. The Labute approximate surface area is 118 Å². The molecule has 17 heavy (non-hydrogen) atoms. The van der Waals surface area contributed by atoms with Crippen molar-refractivity contribution in [3.05, 3.63) is 34.1 Å². The van der Waals surface area contributed by atoms with Crippen molar-refractivity contribution in [2.45, 2.75) is 19.3 Å². The standard InChI is InChI=1S/C13H15Br2FO/c14-9-13(3-5-17-6-4-13)8-10-1-2-12(16)11(15)7-10/h1-2,7H,3-6,8-9H2. The van der Waals surface area contributed by atoms with Crippen molar-refractivity contribution in [3.8, 4) is 0 Å². The Balaban J connectivity index is 2.14. The number of ether oxygens (including phenoxy) is 1. The fraction of sp³-hybridized carbons (Fsp3) is 0.538. The lowest BCUT2D eigenvalue weighted by Gasteiger charge is -2.35. The smallest absolute Gasteiger partial charge is 0.137 e. The van der Waals surface area contributed by atoms with E-state index in [0.29, 0.717) is 4.47 Å². The Morgan fingerprint density at radius 2 is 2.00 bits per heavy atom. The summed E-state index contributed by atoms with van der Waals surface area (Å²) in [7, 11) is 0. The van der Waals surface area contributed by atoms with Gasteiger partial charge < -0.3 is 4.74 Å². The van der Waals surface area contributed by atoms with Gasteiger partial charge in [-0.25, -0.2) is 4.39 Å². The molecule has 0 aromatic heterocycles. The van der Waals surface area contributed by atoms with E-state index in [1.807, 2.05) is 12.1 Å². The third kappa shape index (κ3) is 3.30.